The van der Waals surface area contributed by atoms with Gasteiger partial charge in [-0.3, -0.25) is 9.80 Å². The Morgan fingerprint density at radius 2 is 1.56 bits per heavy atom. The first-order valence-corrected chi connectivity index (χ1v) is 10.9. The first-order chi connectivity index (χ1) is 13.4. The van der Waals surface area contributed by atoms with Crippen LogP contribution in [-0.4, -0.2) is 51.6 Å². The normalized spacial score (nSPS) is 23.0. The second kappa shape index (κ2) is 7.76. The lowest BCUT2D eigenvalue weighted by Gasteiger charge is -2.38. The largest absolute Gasteiger partial charge is 0.330 e. The molecule has 1 saturated carbocycles. The predicted molar refractivity (Wildman–Crippen MR) is 109 cm³/mol. The molecule has 2 heterocycles. The van der Waals surface area contributed by atoms with Gasteiger partial charge in [0.1, 0.15) is 0 Å². The minimum atomic E-state index is 0.689. The van der Waals surface area contributed by atoms with E-state index < -0.39 is 0 Å². The Kier molecular flexibility index (Phi) is 5.02. The van der Waals surface area contributed by atoms with E-state index in [2.05, 4.69) is 56.1 Å². The van der Waals surface area contributed by atoms with Crippen LogP contribution in [0.1, 0.15) is 55.0 Å². The maximum absolute atomic E-state index is 4.49. The molecule has 0 radical (unpaired) electrons. The lowest BCUT2D eigenvalue weighted by Crippen LogP contribution is -2.50. The molecule has 0 spiro atoms. The van der Waals surface area contributed by atoms with Crippen molar-refractivity contribution in [3.8, 4) is 0 Å². The molecule has 4 nitrogen and oxygen atoms in total. The van der Waals surface area contributed by atoms with E-state index in [1.807, 2.05) is 0 Å². The summed E-state index contributed by atoms with van der Waals surface area (Å²) in [4.78, 5) is 9.85. The van der Waals surface area contributed by atoms with Gasteiger partial charge in [0, 0.05) is 51.0 Å². The molecule has 2 aromatic rings. The third-order valence-electron chi connectivity index (χ3n) is 7.05. The summed E-state index contributed by atoms with van der Waals surface area (Å²) in [7, 11) is 0. The number of fused-ring (bicyclic) bond motifs is 1. The van der Waals surface area contributed by atoms with Crippen molar-refractivity contribution < 1.29 is 0 Å². The number of piperazine rings is 1. The summed E-state index contributed by atoms with van der Waals surface area (Å²) in [5.74, 6) is 0. The lowest BCUT2D eigenvalue weighted by molar-refractivity contribution is 0.0929. The summed E-state index contributed by atoms with van der Waals surface area (Å²) >= 11 is 0. The van der Waals surface area contributed by atoms with Gasteiger partial charge in [-0.05, 0) is 36.8 Å². The van der Waals surface area contributed by atoms with Gasteiger partial charge in [-0.2, -0.15) is 0 Å². The molecule has 1 saturated heterocycles. The van der Waals surface area contributed by atoms with E-state index in [0.717, 1.165) is 12.6 Å². The van der Waals surface area contributed by atoms with Gasteiger partial charge in [0.25, 0.3) is 0 Å². The first kappa shape index (κ1) is 17.4. The van der Waals surface area contributed by atoms with Crippen molar-refractivity contribution >= 4 is 0 Å². The molecule has 0 N–H and O–H groups in total. The number of nitrogens with zero attached hydrogens (tertiary/aromatic N) is 4. The van der Waals surface area contributed by atoms with Crippen molar-refractivity contribution in [3.05, 3.63) is 53.6 Å². The Morgan fingerprint density at radius 3 is 2.26 bits per heavy atom. The molecule has 0 unspecified atom stereocenters. The van der Waals surface area contributed by atoms with Crippen LogP contribution >= 0.6 is 0 Å². The fraction of sp³-hybridized carbons (Fsp3) is 0.609. The molecule has 5 rings (SSSR count). The topological polar surface area (TPSA) is 24.3 Å². The predicted octanol–water partition coefficient (Wildman–Crippen LogP) is 3.67. The van der Waals surface area contributed by atoms with Gasteiger partial charge in [-0.15, -0.1) is 0 Å². The van der Waals surface area contributed by atoms with Crippen LogP contribution in [0.3, 0.4) is 0 Å². The maximum Gasteiger partial charge on any atom is 0.0951 e. The highest BCUT2D eigenvalue weighted by molar-refractivity contribution is 5.33. The molecule has 144 valence electrons. The van der Waals surface area contributed by atoms with E-state index in [1.165, 1.54) is 76.8 Å². The lowest BCUT2D eigenvalue weighted by atomic mass is 9.95. The Morgan fingerprint density at radius 1 is 0.852 bits per heavy atom. The molecular weight excluding hydrogens is 332 g/mol. The second-order valence-electron chi connectivity index (χ2n) is 8.73. The van der Waals surface area contributed by atoms with Crippen LogP contribution in [-0.2, 0) is 19.4 Å². The van der Waals surface area contributed by atoms with Gasteiger partial charge in [0.15, 0.2) is 0 Å². The standard InChI is InChI=1S/C23H32N4/c1-2-8-21(9-3-1)27-18-24-16-23(27)17-25-10-12-26(13-11-25)22-14-19-6-4-5-7-20(19)15-22/h4-7,16,18,21-22H,1-3,8-15,17H2. The molecule has 3 aliphatic rings. The van der Waals surface area contributed by atoms with Crippen LogP contribution in [0.2, 0.25) is 0 Å². The van der Waals surface area contributed by atoms with E-state index in [-0.39, 0.29) is 0 Å². The summed E-state index contributed by atoms with van der Waals surface area (Å²) in [5.41, 5.74) is 4.56. The third kappa shape index (κ3) is 3.70. The quantitative estimate of drug-likeness (QED) is 0.827. The molecule has 0 amide bonds. The molecule has 2 aliphatic carbocycles. The number of benzene rings is 1. The Bertz CT molecular complexity index is 728. The summed E-state index contributed by atoms with van der Waals surface area (Å²) in [6.07, 6.45) is 13.5. The van der Waals surface area contributed by atoms with E-state index >= 15 is 0 Å². The fourth-order valence-corrected chi connectivity index (χ4v) is 5.45. The molecule has 4 heteroatoms. The summed E-state index contributed by atoms with van der Waals surface area (Å²) < 4.78 is 2.49. The highest BCUT2D eigenvalue weighted by Gasteiger charge is 2.29. The monoisotopic (exact) mass is 364 g/mol. The van der Waals surface area contributed by atoms with E-state index in [4.69, 9.17) is 0 Å². The second-order valence-corrected chi connectivity index (χ2v) is 8.73. The molecule has 1 aliphatic heterocycles. The van der Waals surface area contributed by atoms with Crippen molar-refractivity contribution in [2.75, 3.05) is 26.2 Å². The molecule has 1 aromatic carbocycles. The van der Waals surface area contributed by atoms with Gasteiger partial charge in [-0.25, -0.2) is 4.98 Å². The SMILES string of the molecule is c1ccc2c(c1)CC(N1CCN(Cc3cncn3C3CCCCC3)CC1)C2. The Hall–Kier alpha value is -1.65. The maximum atomic E-state index is 4.49. The Labute approximate surface area is 163 Å². The molecule has 0 atom stereocenters. The number of aromatic nitrogens is 2. The van der Waals surface area contributed by atoms with Gasteiger partial charge >= 0.3 is 0 Å². The van der Waals surface area contributed by atoms with Gasteiger partial charge in [-0.1, -0.05) is 43.5 Å². The van der Waals surface area contributed by atoms with Crippen molar-refractivity contribution in [3.63, 3.8) is 0 Å². The Balaban J connectivity index is 1.16. The van der Waals surface area contributed by atoms with Crippen LogP contribution in [0, 0.1) is 0 Å². The fourth-order valence-electron chi connectivity index (χ4n) is 5.45. The first-order valence-electron chi connectivity index (χ1n) is 10.9. The van der Waals surface area contributed by atoms with Crippen molar-refractivity contribution in [2.24, 2.45) is 0 Å². The summed E-state index contributed by atoms with van der Waals surface area (Å²) in [6, 6.07) is 10.4. The average molecular weight is 365 g/mol. The number of rotatable bonds is 4. The van der Waals surface area contributed by atoms with Crippen molar-refractivity contribution in [1.29, 1.82) is 0 Å². The zero-order valence-corrected chi connectivity index (χ0v) is 16.4. The third-order valence-corrected chi connectivity index (χ3v) is 7.05. The highest BCUT2D eigenvalue weighted by Crippen LogP contribution is 2.30. The van der Waals surface area contributed by atoms with Crippen LogP contribution < -0.4 is 0 Å². The molecule has 1 aromatic heterocycles. The number of imidazole rings is 1. The number of hydrogen-bond donors (Lipinski definition) is 0. The highest BCUT2D eigenvalue weighted by atomic mass is 15.3. The average Bonchev–Trinajstić information content (AvgIpc) is 3.36. The zero-order chi connectivity index (χ0) is 18.1. The number of hydrogen-bond acceptors (Lipinski definition) is 3. The minimum Gasteiger partial charge on any atom is -0.330 e. The molecule has 2 fully saturated rings. The van der Waals surface area contributed by atoms with Crippen LogP contribution in [0.15, 0.2) is 36.8 Å². The summed E-state index contributed by atoms with van der Waals surface area (Å²) in [6.45, 7) is 5.84. The minimum absolute atomic E-state index is 0.689. The summed E-state index contributed by atoms with van der Waals surface area (Å²) in [5, 5.41) is 0. The van der Waals surface area contributed by atoms with Crippen molar-refractivity contribution in [1.82, 2.24) is 19.4 Å². The van der Waals surface area contributed by atoms with Crippen LogP contribution in [0.5, 0.6) is 0 Å². The van der Waals surface area contributed by atoms with Gasteiger partial charge in [0.2, 0.25) is 0 Å². The molecular formula is C23H32N4. The van der Waals surface area contributed by atoms with E-state index in [9.17, 15) is 0 Å². The van der Waals surface area contributed by atoms with Crippen LogP contribution in [0.25, 0.3) is 0 Å². The zero-order valence-electron chi connectivity index (χ0n) is 16.4. The molecule has 27 heavy (non-hydrogen) atoms. The van der Waals surface area contributed by atoms with Gasteiger partial charge in [0.05, 0.1) is 12.0 Å². The van der Waals surface area contributed by atoms with E-state index in [1.54, 1.807) is 11.1 Å². The van der Waals surface area contributed by atoms with Crippen molar-refractivity contribution in [2.45, 2.75) is 63.6 Å². The van der Waals surface area contributed by atoms with Gasteiger partial charge < -0.3 is 4.57 Å². The smallest absolute Gasteiger partial charge is 0.0951 e. The van der Waals surface area contributed by atoms with E-state index in [0.29, 0.717) is 6.04 Å². The molecule has 0 bridgehead atoms. The van der Waals surface area contributed by atoms with Crippen LogP contribution in [0.4, 0.5) is 0 Å².